The molecule has 0 aliphatic rings. The van der Waals surface area contributed by atoms with Crippen molar-refractivity contribution in [3.8, 4) is 0 Å². The summed E-state index contributed by atoms with van der Waals surface area (Å²) in [6.45, 7) is 17.5. The van der Waals surface area contributed by atoms with E-state index in [2.05, 4.69) is 68.2 Å². The zero-order chi connectivity index (χ0) is 20.3. The molecule has 0 bridgehead atoms. The number of allylic oxidation sites excluding steroid dienone is 1. The predicted octanol–water partition coefficient (Wildman–Crippen LogP) is 6.89. The molecule has 0 aromatic rings. The van der Waals surface area contributed by atoms with Crippen LogP contribution in [0.1, 0.15) is 61.8 Å². The lowest BCUT2D eigenvalue weighted by atomic mass is 9.88. The maximum atomic E-state index is 12.0. The fourth-order valence-corrected chi connectivity index (χ4v) is 6.78. The minimum Gasteiger partial charge on any atom is -0.463 e. The Kier molecular flexibility index (Phi) is 13.0. The molecule has 0 aliphatic carbocycles. The molecule has 152 valence electrons. The summed E-state index contributed by atoms with van der Waals surface area (Å²) in [6.07, 6.45) is 3.19. The van der Waals surface area contributed by atoms with E-state index in [9.17, 15) is 4.79 Å². The molecule has 0 fully saturated rings. The molecule has 0 rings (SSSR count). The summed E-state index contributed by atoms with van der Waals surface area (Å²) in [5.74, 6) is 0.353. The Hall–Kier alpha value is -0.143. The quantitative estimate of drug-likeness (QED) is 0.128. The van der Waals surface area contributed by atoms with Gasteiger partial charge in [0.1, 0.15) is 0 Å². The van der Waals surface area contributed by atoms with Gasteiger partial charge < -0.3 is 9.16 Å². The van der Waals surface area contributed by atoms with Crippen LogP contribution in [0.3, 0.4) is 0 Å². The summed E-state index contributed by atoms with van der Waals surface area (Å²) in [4.78, 5) is 12.0. The Balaban J connectivity index is 5.61. The molecular formula is C21H39IO3Si. The normalized spacial score (nSPS) is 17.0. The second-order valence-electron chi connectivity index (χ2n) is 7.39. The van der Waals surface area contributed by atoms with Crippen molar-refractivity contribution in [3.63, 3.8) is 0 Å². The fraction of sp³-hybridized carbons (Fsp3) is 0.762. The number of carbonyl (C=O) groups excluding carboxylic acids is 1. The van der Waals surface area contributed by atoms with Gasteiger partial charge in [0.25, 0.3) is 0 Å². The van der Waals surface area contributed by atoms with Crippen LogP contribution in [0.25, 0.3) is 0 Å². The van der Waals surface area contributed by atoms with E-state index in [0.29, 0.717) is 18.1 Å². The predicted molar refractivity (Wildman–Crippen MR) is 123 cm³/mol. The highest BCUT2D eigenvalue weighted by Gasteiger charge is 2.35. The second-order valence-corrected chi connectivity index (χ2v) is 12.7. The number of hydrogen-bond acceptors (Lipinski definition) is 3. The van der Waals surface area contributed by atoms with Gasteiger partial charge in [-0.2, -0.15) is 0 Å². The van der Waals surface area contributed by atoms with E-state index in [-0.39, 0.29) is 18.0 Å². The van der Waals surface area contributed by atoms with Gasteiger partial charge in [-0.15, -0.1) is 0 Å². The summed E-state index contributed by atoms with van der Waals surface area (Å²) < 4.78 is 14.2. The Morgan fingerprint density at radius 3 is 2.04 bits per heavy atom. The molecule has 26 heavy (non-hydrogen) atoms. The maximum Gasteiger partial charge on any atom is 0.333 e. The average Bonchev–Trinajstić information content (AvgIpc) is 2.63. The van der Waals surface area contributed by atoms with Crippen LogP contribution < -0.4 is 0 Å². The van der Waals surface area contributed by atoms with E-state index in [4.69, 9.17) is 9.16 Å². The molecule has 0 aromatic carbocycles. The van der Waals surface area contributed by atoms with Crippen LogP contribution in [-0.2, 0) is 14.0 Å². The molecule has 0 aromatic heterocycles. The van der Waals surface area contributed by atoms with Crippen LogP contribution in [0.4, 0.5) is 0 Å². The topological polar surface area (TPSA) is 35.5 Å². The van der Waals surface area contributed by atoms with Crippen molar-refractivity contribution in [1.29, 1.82) is 0 Å². The van der Waals surface area contributed by atoms with E-state index >= 15 is 0 Å². The summed E-state index contributed by atoms with van der Waals surface area (Å²) in [7, 11) is -1.73. The molecule has 0 unspecified atom stereocenters. The summed E-state index contributed by atoms with van der Waals surface area (Å²) in [6, 6.07) is 3.41. The molecule has 3 atom stereocenters. The standard InChI is InChI=1S/C21H39IO3Si/c1-9-24-21(23)19(8)14-18(7)20(17(6)13-16(5)15-22)25-26(10-2,11-3)12-4/h14-15,17-18,20H,9-13H2,1-8H3/b16-15+,19-14+/t17-,18+,20-/m0/s1. The highest BCUT2D eigenvalue weighted by molar-refractivity contribution is 14.1. The first-order valence-corrected chi connectivity index (χ1v) is 13.8. The third-order valence-corrected chi connectivity index (χ3v) is 11.0. The molecule has 5 heteroatoms. The van der Waals surface area contributed by atoms with Crippen molar-refractivity contribution >= 4 is 36.9 Å². The van der Waals surface area contributed by atoms with Gasteiger partial charge in [0.2, 0.25) is 0 Å². The van der Waals surface area contributed by atoms with Crippen molar-refractivity contribution in [2.75, 3.05) is 6.61 Å². The van der Waals surface area contributed by atoms with Crippen LogP contribution in [0.2, 0.25) is 18.1 Å². The first kappa shape index (κ1) is 25.9. The molecule has 0 saturated heterocycles. The summed E-state index contributed by atoms with van der Waals surface area (Å²) in [5.41, 5.74) is 2.06. The molecule has 0 radical (unpaired) electrons. The maximum absolute atomic E-state index is 12.0. The number of ether oxygens (including phenoxy) is 1. The zero-order valence-corrected chi connectivity index (χ0v) is 21.2. The van der Waals surface area contributed by atoms with Crippen LogP contribution in [0.15, 0.2) is 21.3 Å². The number of rotatable bonds is 12. The van der Waals surface area contributed by atoms with Gasteiger partial charge in [-0.25, -0.2) is 4.79 Å². The summed E-state index contributed by atoms with van der Waals surface area (Å²) >= 11 is 2.31. The molecular weight excluding hydrogens is 455 g/mol. The van der Waals surface area contributed by atoms with E-state index in [1.54, 1.807) is 0 Å². The van der Waals surface area contributed by atoms with Gasteiger partial charge in [-0.1, -0.05) is 68.9 Å². The number of carbonyl (C=O) groups is 1. The Morgan fingerprint density at radius 1 is 1.08 bits per heavy atom. The SMILES string of the molecule is CCOC(=O)/C(C)=C/[C@@H](C)[C@@H](O[Si](CC)(CC)CC)[C@@H](C)C/C(C)=C/I. The lowest BCUT2D eigenvalue weighted by Crippen LogP contribution is -2.44. The third-order valence-electron chi connectivity index (χ3n) is 5.34. The van der Waals surface area contributed by atoms with Crippen molar-refractivity contribution in [2.24, 2.45) is 11.8 Å². The summed E-state index contributed by atoms with van der Waals surface area (Å²) in [5, 5.41) is 0. The fourth-order valence-electron chi connectivity index (χ4n) is 3.50. The molecule has 0 aliphatic heterocycles. The van der Waals surface area contributed by atoms with Gasteiger partial charge in [0.15, 0.2) is 8.32 Å². The monoisotopic (exact) mass is 494 g/mol. The largest absolute Gasteiger partial charge is 0.463 e. The van der Waals surface area contributed by atoms with Crippen LogP contribution >= 0.6 is 22.6 Å². The van der Waals surface area contributed by atoms with Crippen molar-refractivity contribution in [2.45, 2.75) is 86.0 Å². The van der Waals surface area contributed by atoms with Gasteiger partial charge in [0, 0.05) is 11.5 Å². The van der Waals surface area contributed by atoms with Crippen LogP contribution in [-0.4, -0.2) is 27.0 Å². The molecule has 0 heterocycles. The lowest BCUT2D eigenvalue weighted by Gasteiger charge is -2.38. The first-order valence-electron chi connectivity index (χ1n) is 9.99. The van der Waals surface area contributed by atoms with Crippen LogP contribution in [0.5, 0.6) is 0 Å². The van der Waals surface area contributed by atoms with Gasteiger partial charge in [0.05, 0.1) is 12.7 Å². The second kappa shape index (κ2) is 13.1. The van der Waals surface area contributed by atoms with Gasteiger partial charge in [-0.05, 0) is 55.3 Å². The zero-order valence-electron chi connectivity index (χ0n) is 18.0. The molecule has 0 amide bonds. The van der Waals surface area contributed by atoms with E-state index in [0.717, 1.165) is 24.6 Å². The van der Waals surface area contributed by atoms with Crippen LogP contribution in [0, 0.1) is 11.8 Å². The Labute approximate surface area is 176 Å². The molecule has 0 spiro atoms. The van der Waals surface area contributed by atoms with Gasteiger partial charge in [-0.3, -0.25) is 0 Å². The number of hydrogen-bond donors (Lipinski definition) is 0. The van der Waals surface area contributed by atoms with E-state index in [1.165, 1.54) is 5.57 Å². The van der Waals surface area contributed by atoms with Crippen molar-refractivity contribution < 1.29 is 14.0 Å². The minimum atomic E-state index is -1.73. The Morgan fingerprint density at radius 2 is 1.62 bits per heavy atom. The van der Waals surface area contributed by atoms with Gasteiger partial charge >= 0.3 is 5.97 Å². The highest BCUT2D eigenvalue weighted by atomic mass is 127. The lowest BCUT2D eigenvalue weighted by molar-refractivity contribution is -0.138. The molecule has 0 saturated carbocycles. The third kappa shape index (κ3) is 8.25. The number of halogens is 1. The van der Waals surface area contributed by atoms with Crippen molar-refractivity contribution in [1.82, 2.24) is 0 Å². The highest BCUT2D eigenvalue weighted by Crippen LogP contribution is 2.32. The first-order chi connectivity index (χ1) is 12.2. The average molecular weight is 495 g/mol. The minimum absolute atomic E-state index is 0.122. The molecule has 3 nitrogen and oxygen atoms in total. The van der Waals surface area contributed by atoms with Crippen molar-refractivity contribution in [3.05, 3.63) is 21.3 Å². The molecule has 0 N–H and O–H groups in total. The number of esters is 1. The van der Waals surface area contributed by atoms with E-state index in [1.807, 2.05) is 19.9 Å². The Bertz CT molecular complexity index is 475. The smallest absolute Gasteiger partial charge is 0.333 e. The van der Waals surface area contributed by atoms with E-state index < -0.39 is 8.32 Å².